The minimum absolute atomic E-state index is 0.00321. The summed E-state index contributed by atoms with van der Waals surface area (Å²) in [5, 5.41) is 4.77. The van der Waals surface area contributed by atoms with Gasteiger partial charge in [0, 0.05) is 17.7 Å². The predicted molar refractivity (Wildman–Crippen MR) is 112 cm³/mol. The minimum Gasteiger partial charge on any atom is -0.456 e. The zero-order chi connectivity index (χ0) is 22.1. The van der Waals surface area contributed by atoms with Gasteiger partial charge in [0.15, 0.2) is 6.61 Å². The summed E-state index contributed by atoms with van der Waals surface area (Å²) in [5.41, 5.74) is 1.94. The Hall–Kier alpha value is -3.48. The van der Waals surface area contributed by atoms with Gasteiger partial charge >= 0.3 is 5.97 Å². The molecule has 158 valence electrons. The Kier molecular flexibility index (Phi) is 7.86. The molecular formula is C23H26N2O5. The Labute approximate surface area is 175 Å². The van der Waals surface area contributed by atoms with E-state index < -0.39 is 24.4 Å². The van der Waals surface area contributed by atoms with E-state index in [9.17, 15) is 19.2 Å². The summed E-state index contributed by atoms with van der Waals surface area (Å²) in [5.74, 6) is -2.24. The summed E-state index contributed by atoms with van der Waals surface area (Å²) in [4.78, 5) is 47.4. The molecule has 0 radical (unpaired) electrons. The molecule has 0 atom stereocenters. The summed E-state index contributed by atoms with van der Waals surface area (Å²) in [7, 11) is 0. The topological polar surface area (TPSA) is 102 Å². The average Bonchev–Trinajstić information content (AvgIpc) is 2.72. The summed E-state index contributed by atoms with van der Waals surface area (Å²) < 4.78 is 4.83. The number of carbonyl (C=O) groups is 4. The number of hydrogen-bond donors (Lipinski definition) is 2. The normalized spacial score (nSPS) is 10.8. The van der Waals surface area contributed by atoms with Crippen LogP contribution in [0.1, 0.15) is 53.5 Å². The standard InChI is InChI=1S/C23H26N2O5/c1-23(2,3)18-11-9-17(10-12-18)21(28)24-14-13-20(27)30-15-19(26)25-22(29)16-7-5-4-6-8-16/h4-12H,13-15H2,1-3H3,(H,24,28)(H,25,26,29). The Morgan fingerprint density at radius 1 is 0.833 bits per heavy atom. The van der Waals surface area contributed by atoms with E-state index in [0.29, 0.717) is 11.1 Å². The van der Waals surface area contributed by atoms with Crippen LogP contribution in [0, 0.1) is 0 Å². The van der Waals surface area contributed by atoms with Gasteiger partial charge in [-0.2, -0.15) is 0 Å². The van der Waals surface area contributed by atoms with E-state index in [4.69, 9.17) is 4.74 Å². The highest BCUT2D eigenvalue weighted by atomic mass is 16.5. The van der Waals surface area contributed by atoms with Crippen LogP contribution in [0.25, 0.3) is 0 Å². The number of rotatable bonds is 7. The molecule has 0 fully saturated rings. The fraction of sp³-hybridized carbons (Fsp3) is 0.304. The maximum absolute atomic E-state index is 12.1. The van der Waals surface area contributed by atoms with Crippen molar-refractivity contribution < 1.29 is 23.9 Å². The SMILES string of the molecule is CC(C)(C)c1ccc(C(=O)NCCC(=O)OCC(=O)NC(=O)c2ccccc2)cc1. The van der Waals surface area contributed by atoms with Crippen LogP contribution in [0.3, 0.4) is 0 Å². The fourth-order valence-electron chi connectivity index (χ4n) is 2.54. The fourth-order valence-corrected chi connectivity index (χ4v) is 2.54. The molecule has 2 aromatic carbocycles. The van der Waals surface area contributed by atoms with E-state index >= 15 is 0 Å². The lowest BCUT2D eigenvalue weighted by molar-refractivity contribution is -0.148. The highest BCUT2D eigenvalue weighted by Crippen LogP contribution is 2.22. The first-order valence-corrected chi connectivity index (χ1v) is 9.60. The molecule has 0 aliphatic rings. The molecule has 7 nitrogen and oxygen atoms in total. The van der Waals surface area contributed by atoms with Crippen molar-refractivity contribution in [2.45, 2.75) is 32.6 Å². The maximum atomic E-state index is 12.1. The first-order valence-electron chi connectivity index (χ1n) is 9.60. The second kappa shape index (κ2) is 10.3. The lowest BCUT2D eigenvalue weighted by Crippen LogP contribution is -2.34. The molecule has 0 aliphatic carbocycles. The van der Waals surface area contributed by atoms with E-state index in [2.05, 4.69) is 31.4 Å². The number of hydrogen-bond acceptors (Lipinski definition) is 5. The van der Waals surface area contributed by atoms with Crippen molar-refractivity contribution in [3.05, 3.63) is 71.3 Å². The van der Waals surface area contributed by atoms with Gasteiger partial charge in [-0.3, -0.25) is 24.5 Å². The van der Waals surface area contributed by atoms with Gasteiger partial charge in [-0.1, -0.05) is 51.1 Å². The molecule has 0 aliphatic heterocycles. The molecular weight excluding hydrogens is 384 g/mol. The van der Waals surface area contributed by atoms with Crippen molar-refractivity contribution in [3.63, 3.8) is 0 Å². The van der Waals surface area contributed by atoms with Crippen LogP contribution in [0.4, 0.5) is 0 Å². The Balaban J connectivity index is 1.68. The van der Waals surface area contributed by atoms with Crippen molar-refractivity contribution in [2.24, 2.45) is 0 Å². The molecule has 2 aromatic rings. The van der Waals surface area contributed by atoms with Gasteiger partial charge in [0.25, 0.3) is 17.7 Å². The van der Waals surface area contributed by atoms with Gasteiger partial charge < -0.3 is 10.1 Å². The summed E-state index contributed by atoms with van der Waals surface area (Å²) in [6.45, 7) is 5.77. The molecule has 0 unspecified atom stereocenters. The minimum atomic E-state index is -0.722. The number of imide groups is 1. The second-order valence-electron chi connectivity index (χ2n) is 7.74. The van der Waals surface area contributed by atoms with E-state index in [1.165, 1.54) is 0 Å². The van der Waals surface area contributed by atoms with Gasteiger partial charge in [0.2, 0.25) is 0 Å². The molecule has 7 heteroatoms. The first-order chi connectivity index (χ1) is 14.2. The van der Waals surface area contributed by atoms with Crippen LogP contribution in [-0.2, 0) is 19.7 Å². The van der Waals surface area contributed by atoms with E-state index in [1.807, 2.05) is 12.1 Å². The molecule has 30 heavy (non-hydrogen) atoms. The molecule has 0 aromatic heterocycles. The van der Waals surface area contributed by atoms with Gasteiger partial charge in [0.1, 0.15) is 0 Å². The smallest absolute Gasteiger partial charge is 0.308 e. The van der Waals surface area contributed by atoms with Crippen LogP contribution >= 0.6 is 0 Å². The van der Waals surface area contributed by atoms with Crippen LogP contribution in [0.5, 0.6) is 0 Å². The number of amides is 3. The highest BCUT2D eigenvalue weighted by Gasteiger charge is 2.15. The highest BCUT2D eigenvalue weighted by molar-refractivity contribution is 6.05. The number of nitrogens with one attached hydrogen (secondary N) is 2. The van der Waals surface area contributed by atoms with E-state index in [1.54, 1.807) is 42.5 Å². The zero-order valence-electron chi connectivity index (χ0n) is 17.4. The van der Waals surface area contributed by atoms with Gasteiger partial charge in [-0.15, -0.1) is 0 Å². The van der Waals surface area contributed by atoms with Gasteiger partial charge in [0.05, 0.1) is 6.42 Å². The molecule has 2 rings (SSSR count). The number of ether oxygens (including phenoxy) is 1. The summed E-state index contributed by atoms with van der Waals surface area (Å²) in [6.07, 6.45) is -0.0915. The van der Waals surface area contributed by atoms with Crippen molar-refractivity contribution >= 4 is 23.7 Å². The van der Waals surface area contributed by atoms with Gasteiger partial charge in [-0.05, 0) is 35.2 Å². The lowest BCUT2D eigenvalue weighted by atomic mass is 9.87. The van der Waals surface area contributed by atoms with Crippen LogP contribution < -0.4 is 10.6 Å². The zero-order valence-corrected chi connectivity index (χ0v) is 17.4. The predicted octanol–water partition coefficient (Wildman–Crippen LogP) is 2.60. The molecule has 0 bridgehead atoms. The lowest BCUT2D eigenvalue weighted by Gasteiger charge is -2.19. The average molecular weight is 410 g/mol. The number of benzene rings is 2. The molecule has 3 amide bonds. The number of esters is 1. The van der Waals surface area contributed by atoms with Crippen molar-refractivity contribution in [1.82, 2.24) is 10.6 Å². The van der Waals surface area contributed by atoms with Crippen molar-refractivity contribution in [3.8, 4) is 0 Å². The van der Waals surface area contributed by atoms with Crippen LogP contribution in [0.15, 0.2) is 54.6 Å². The molecule has 0 spiro atoms. The quantitative estimate of drug-likeness (QED) is 0.683. The Morgan fingerprint density at radius 2 is 1.43 bits per heavy atom. The molecule has 0 saturated carbocycles. The van der Waals surface area contributed by atoms with Crippen LogP contribution in [-0.4, -0.2) is 36.8 Å². The van der Waals surface area contributed by atoms with Crippen molar-refractivity contribution in [1.29, 1.82) is 0 Å². The van der Waals surface area contributed by atoms with Crippen molar-refractivity contribution in [2.75, 3.05) is 13.2 Å². The molecule has 0 heterocycles. The Morgan fingerprint density at radius 3 is 2.03 bits per heavy atom. The monoisotopic (exact) mass is 410 g/mol. The van der Waals surface area contributed by atoms with Crippen LogP contribution in [0.2, 0.25) is 0 Å². The maximum Gasteiger partial charge on any atom is 0.308 e. The van der Waals surface area contributed by atoms with E-state index in [-0.39, 0.29) is 24.3 Å². The third-order valence-corrected chi connectivity index (χ3v) is 4.28. The Bertz CT molecular complexity index is 899. The second-order valence-corrected chi connectivity index (χ2v) is 7.74. The third-order valence-electron chi connectivity index (χ3n) is 4.28. The van der Waals surface area contributed by atoms with E-state index in [0.717, 1.165) is 5.56 Å². The first kappa shape index (κ1) is 22.8. The summed E-state index contributed by atoms with van der Waals surface area (Å²) in [6, 6.07) is 15.5. The molecule has 2 N–H and O–H groups in total. The molecule has 0 saturated heterocycles. The third kappa shape index (κ3) is 7.16. The largest absolute Gasteiger partial charge is 0.456 e. The van der Waals surface area contributed by atoms with Gasteiger partial charge in [-0.25, -0.2) is 0 Å². The summed E-state index contributed by atoms with van der Waals surface area (Å²) >= 11 is 0. The number of carbonyl (C=O) groups excluding carboxylic acids is 4.